The third kappa shape index (κ3) is 46.4. The van der Waals surface area contributed by atoms with Crippen LogP contribution in [0.15, 0.2) is 22.4 Å². The third-order valence-electron chi connectivity index (χ3n) is 1.43. The zero-order chi connectivity index (χ0) is 15.5. The Hall–Kier alpha value is -0.327. The molecule has 1 aliphatic rings. The van der Waals surface area contributed by atoms with Crippen molar-refractivity contribution in [1.29, 1.82) is 0 Å². The fraction of sp³-hybridized carbons (Fsp3) is 0.500. The Morgan fingerprint density at radius 1 is 0.842 bits per heavy atom. The first kappa shape index (κ1) is 21.0. The van der Waals surface area contributed by atoms with Gasteiger partial charge in [0.15, 0.2) is 0 Å². The van der Waals surface area contributed by atoms with Gasteiger partial charge in [-0.15, -0.1) is 0 Å². The van der Waals surface area contributed by atoms with E-state index in [4.69, 9.17) is 0 Å². The van der Waals surface area contributed by atoms with Crippen molar-refractivity contribution >= 4 is 14.5 Å². The Bertz CT molecular complexity index is 259. The minimum absolute atomic E-state index is 1.25. The molecule has 0 saturated carbocycles. The van der Waals surface area contributed by atoms with Crippen LogP contribution < -0.4 is 0 Å². The van der Waals surface area contributed by atoms with Gasteiger partial charge in [0.2, 0.25) is 0 Å². The number of hydrogen-bond donors (Lipinski definition) is 0. The van der Waals surface area contributed by atoms with E-state index < -0.39 is 14.5 Å². The maximum atomic E-state index is 9.75. The zero-order valence-electron chi connectivity index (χ0n) is 9.57. The predicted molar refractivity (Wildman–Crippen MR) is 56.1 cm³/mol. The van der Waals surface area contributed by atoms with E-state index >= 15 is 0 Å². The van der Waals surface area contributed by atoms with Crippen LogP contribution in [0.2, 0.25) is 0 Å². The van der Waals surface area contributed by atoms with Crippen LogP contribution in [0.3, 0.4) is 0 Å². The molecule has 0 aromatic heterocycles. The first-order valence-electron chi connectivity index (χ1n) is 5.13. The van der Waals surface area contributed by atoms with E-state index in [-0.39, 0.29) is 0 Å². The molecule has 0 radical (unpaired) electrons. The van der Waals surface area contributed by atoms with E-state index in [9.17, 15) is 34.5 Å². The van der Waals surface area contributed by atoms with Crippen molar-refractivity contribution in [2.24, 2.45) is 0 Å². The summed E-state index contributed by atoms with van der Waals surface area (Å²) < 4.78 is 79.4. The second-order valence-corrected chi connectivity index (χ2v) is 4.30. The molecule has 1 aliphatic carbocycles. The fourth-order valence-corrected chi connectivity index (χ4v) is 1.34. The number of rotatable bonds is 0. The Kier molecular flexibility index (Phi) is 11.5. The molecule has 0 fully saturated rings. The molecule has 0 saturated heterocycles. The van der Waals surface area contributed by atoms with Crippen LogP contribution in [0.5, 0.6) is 0 Å². The molecule has 0 spiro atoms. The van der Waals surface area contributed by atoms with Crippen molar-refractivity contribution in [3.63, 3.8) is 0 Å². The molecule has 1 rings (SSSR count). The van der Waals surface area contributed by atoms with Crippen molar-refractivity contribution in [2.75, 3.05) is 0 Å². The number of halogens is 8. The molecular weight excluding hydrogens is 373 g/mol. The van der Waals surface area contributed by atoms with Crippen LogP contribution >= 0.6 is 0 Å². The Balaban J connectivity index is 0. The van der Waals surface area contributed by atoms with Gasteiger partial charge in [-0.05, 0) is 0 Å². The van der Waals surface area contributed by atoms with Crippen LogP contribution in [0.4, 0.5) is 34.5 Å². The normalized spacial score (nSPS) is 20.4. The summed E-state index contributed by atoms with van der Waals surface area (Å²) >= 11 is 2.95. The van der Waals surface area contributed by atoms with Crippen LogP contribution in [-0.4, -0.2) is 14.5 Å². The summed E-state index contributed by atoms with van der Waals surface area (Å²) in [5.41, 5.74) is 0. The molecule has 0 aromatic carbocycles. The summed E-state index contributed by atoms with van der Waals surface area (Å²) in [7, 11) is -12.0. The van der Waals surface area contributed by atoms with Gasteiger partial charge < -0.3 is 34.5 Å². The molecule has 0 aliphatic heterocycles. The van der Waals surface area contributed by atoms with Crippen molar-refractivity contribution in [2.45, 2.75) is 25.7 Å². The third-order valence-corrected chi connectivity index (χ3v) is 2.11. The van der Waals surface area contributed by atoms with Gasteiger partial charge in [-0.2, -0.15) is 0 Å². The first-order valence-corrected chi connectivity index (χ1v) is 5.95. The van der Waals surface area contributed by atoms with Gasteiger partial charge in [0.05, 0.1) is 0 Å². The van der Waals surface area contributed by atoms with Crippen molar-refractivity contribution in [3.05, 3.63) is 22.4 Å². The summed E-state index contributed by atoms with van der Waals surface area (Å²) in [6.07, 6.45) is 11.7. The second kappa shape index (κ2) is 10.5. The second-order valence-electron chi connectivity index (χ2n) is 3.25. The monoisotopic (exact) mass is 384 g/mol. The van der Waals surface area contributed by atoms with E-state index in [2.05, 4.69) is 36.5 Å². The molecule has 0 heterocycles. The van der Waals surface area contributed by atoms with Gasteiger partial charge in [0.25, 0.3) is 0 Å². The van der Waals surface area contributed by atoms with E-state index in [1.165, 1.54) is 29.9 Å². The SMILES string of the molecule is F[B-](F)(F)F.F[B-](F)(F)F.[Rh+2]/[C]1=C/C=C\CCCC1. The van der Waals surface area contributed by atoms with E-state index in [0.717, 1.165) is 0 Å². The molecule has 0 atom stereocenters. The van der Waals surface area contributed by atoms with Crippen LogP contribution in [0.1, 0.15) is 25.7 Å². The van der Waals surface area contributed by atoms with Crippen molar-refractivity contribution < 1.29 is 52.8 Å². The van der Waals surface area contributed by atoms with Crippen molar-refractivity contribution in [3.8, 4) is 0 Å². The van der Waals surface area contributed by atoms with E-state index in [1.54, 1.807) is 0 Å². The summed E-state index contributed by atoms with van der Waals surface area (Å²) in [6.45, 7) is 0. The van der Waals surface area contributed by atoms with Gasteiger partial charge in [-0.1, -0.05) is 0 Å². The molecule has 0 aromatic rings. The Morgan fingerprint density at radius 2 is 1.26 bits per heavy atom. The average molecular weight is 384 g/mol. The van der Waals surface area contributed by atoms with E-state index in [0.29, 0.717) is 0 Å². The molecule has 114 valence electrons. The minimum atomic E-state index is -6.00. The Morgan fingerprint density at radius 3 is 1.68 bits per heavy atom. The van der Waals surface area contributed by atoms with Gasteiger partial charge >= 0.3 is 80.9 Å². The topological polar surface area (TPSA) is 0 Å². The summed E-state index contributed by atoms with van der Waals surface area (Å²) in [5, 5.41) is 0. The van der Waals surface area contributed by atoms with Crippen LogP contribution in [-0.2, 0) is 18.3 Å². The van der Waals surface area contributed by atoms with Crippen LogP contribution in [0, 0.1) is 0 Å². The maximum absolute atomic E-state index is 9.75. The molecule has 19 heavy (non-hydrogen) atoms. The standard InChI is InChI=1S/C8H11.2BF4.Rh/c1-2-4-6-8-7-5-3-1;2*2-1(3,4)5;/h1-3H,4,6-8H2;;;/q;2*-1;+2/b2-1-,5-3?;;;. The predicted octanol–water partition coefficient (Wildman–Crippen LogP) is 5.15. The van der Waals surface area contributed by atoms with Gasteiger partial charge in [0, 0.05) is 0 Å². The molecule has 0 unspecified atom stereocenters. The number of allylic oxidation sites excluding steroid dienone is 4. The van der Waals surface area contributed by atoms with Gasteiger partial charge in [-0.25, -0.2) is 0 Å². The van der Waals surface area contributed by atoms with E-state index in [1.807, 2.05) is 0 Å². The zero-order valence-corrected chi connectivity index (χ0v) is 11.2. The molecule has 11 heteroatoms. The average Bonchev–Trinajstić information content (AvgIpc) is 2.05. The Labute approximate surface area is 116 Å². The molecule has 0 nitrogen and oxygen atoms in total. The molecule has 0 amide bonds. The van der Waals surface area contributed by atoms with Crippen molar-refractivity contribution in [1.82, 2.24) is 0 Å². The fourth-order valence-electron chi connectivity index (χ4n) is 0.896. The summed E-state index contributed by atoms with van der Waals surface area (Å²) in [4.78, 5) is 0. The van der Waals surface area contributed by atoms with Gasteiger partial charge in [0.1, 0.15) is 0 Å². The van der Waals surface area contributed by atoms with Crippen LogP contribution in [0.25, 0.3) is 0 Å². The van der Waals surface area contributed by atoms with Gasteiger partial charge in [-0.3, -0.25) is 0 Å². The molecular formula is C8H11B2F8Rh. The number of hydrogen-bond acceptors (Lipinski definition) is 0. The molecule has 0 bridgehead atoms. The molecule has 0 N–H and O–H groups in total. The quantitative estimate of drug-likeness (QED) is 0.401. The first-order chi connectivity index (χ1) is 8.39. The summed E-state index contributed by atoms with van der Waals surface area (Å²) in [6, 6.07) is 0. The summed E-state index contributed by atoms with van der Waals surface area (Å²) in [5.74, 6) is 0.